The molecule has 0 aliphatic rings. The van der Waals surface area contributed by atoms with Gasteiger partial charge >= 0.3 is 6.43 Å². The lowest BCUT2D eigenvalue weighted by atomic mass is 10.1. The van der Waals surface area contributed by atoms with Gasteiger partial charge in [0.05, 0.1) is 24.0 Å². The number of aromatic nitrogens is 6. The SMILES string of the molecule is CN(C)CCN(C)C=O.Cc1cccc(-c2cn(Cc3ccc(-c4nnc(C(F)F)o4)cn3)nn2)c1. The molecule has 0 unspecified atom stereocenters. The zero-order valence-corrected chi connectivity index (χ0v) is 20.5. The monoisotopic (exact) mass is 498 g/mol. The Bertz CT molecular complexity index is 1240. The van der Waals surface area contributed by atoms with Gasteiger partial charge < -0.3 is 14.2 Å². The fourth-order valence-electron chi connectivity index (χ4n) is 2.97. The molecular formula is C24H28F2N8O2. The standard InChI is InChI=1S/C18H14F2N6O.C6H14N2O/c1-11-3-2-4-12(7-11)15-10-26(25-22-15)9-14-6-5-13(8-21-14)17-23-24-18(27-17)16(19)20;1-7(2)4-5-8(3)6-9/h2-8,10,16H,9H2,1H3;6H,4-5H2,1-3H3. The van der Waals surface area contributed by atoms with Gasteiger partial charge in [-0.2, -0.15) is 8.78 Å². The maximum atomic E-state index is 12.5. The van der Waals surface area contributed by atoms with E-state index in [9.17, 15) is 13.6 Å². The molecule has 0 aliphatic carbocycles. The summed E-state index contributed by atoms with van der Waals surface area (Å²) in [7, 11) is 5.74. The lowest BCUT2D eigenvalue weighted by Crippen LogP contribution is -2.27. The van der Waals surface area contributed by atoms with E-state index in [1.807, 2.05) is 56.4 Å². The number of hydrogen-bond donors (Lipinski definition) is 0. The number of benzene rings is 1. The molecule has 0 saturated carbocycles. The van der Waals surface area contributed by atoms with Crippen LogP contribution in [0.15, 0.2) is 53.2 Å². The zero-order chi connectivity index (χ0) is 26.1. The summed E-state index contributed by atoms with van der Waals surface area (Å²) >= 11 is 0. The van der Waals surface area contributed by atoms with Crippen molar-refractivity contribution in [2.24, 2.45) is 0 Å². The van der Waals surface area contributed by atoms with E-state index in [-0.39, 0.29) is 5.89 Å². The fraction of sp³-hybridized carbons (Fsp3) is 0.333. The van der Waals surface area contributed by atoms with E-state index in [0.717, 1.165) is 42.0 Å². The van der Waals surface area contributed by atoms with Gasteiger partial charge in [0.15, 0.2) is 0 Å². The van der Waals surface area contributed by atoms with Crippen molar-refractivity contribution in [3.05, 3.63) is 65.9 Å². The fourth-order valence-corrected chi connectivity index (χ4v) is 2.97. The largest absolute Gasteiger partial charge is 0.415 e. The maximum Gasteiger partial charge on any atom is 0.314 e. The van der Waals surface area contributed by atoms with E-state index in [4.69, 9.17) is 4.42 Å². The Balaban J connectivity index is 0.000000345. The smallest absolute Gasteiger partial charge is 0.314 e. The van der Waals surface area contributed by atoms with Crippen LogP contribution in [0, 0.1) is 6.92 Å². The highest BCUT2D eigenvalue weighted by Crippen LogP contribution is 2.23. The van der Waals surface area contributed by atoms with Gasteiger partial charge in [-0.3, -0.25) is 9.78 Å². The van der Waals surface area contributed by atoms with Gasteiger partial charge in [0, 0.05) is 31.9 Å². The van der Waals surface area contributed by atoms with Gasteiger partial charge in [-0.1, -0.05) is 29.0 Å². The predicted octanol–water partition coefficient (Wildman–Crippen LogP) is 3.32. The first-order chi connectivity index (χ1) is 17.2. The summed E-state index contributed by atoms with van der Waals surface area (Å²) in [6.07, 6.45) is 1.38. The molecule has 0 saturated heterocycles. The number of nitrogens with zero attached hydrogens (tertiary/aromatic N) is 8. The molecule has 0 bridgehead atoms. The Kier molecular flexibility index (Phi) is 9.28. The average Bonchev–Trinajstić information content (AvgIpc) is 3.54. The van der Waals surface area contributed by atoms with Crippen molar-refractivity contribution >= 4 is 6.41 Å². The first-order valence-corrected chi connectivity index (χ1v) is 11.1. The number of alkyl halides is 2. The number of pyridine rings is 1. The Labute approximate surface area is 207 Å². The average molecular weight is 499 g/mol. The molecule has 36 heavy (non-hydrogen) atoms. The number of carbonyl (C=O) groups is 1. The van der Waals surface area contributed by atoms with Crippen molar-refractivity contribution in [1.82, 2.24) is 40.0 Å². The van der Waals surface area contributed by atoms with E-state index in [1.54, 1.807) is 28.8 Å². The second-order valence-corrected chi connectivity index (χ2v) is 8.34. The number of halogens is 2. The van der Waals surface area contributed by atoms with Gasteiger partial charge in [0.1, 0.15) is 5.69 Å². The molecule has 3 aromatic heterocycles. The highest BCUT2D eigenvalue weighted by Gasteiger charge is 2.17. The van der Waals surface area contributed by atoms with Crippen LogP contribution in [0.3, 0.4) is 0 Å². The minimum absolute atomic E-state index is 0.00633. The molecule has 0 spiro atoms. The summed E-state index contributed by atoms with van der Waals surface area (Å²) in [6.45, 7) is 4.17. The Hall–Kier alpha value is -4.06. The number of rotatable bonds is 9. The summed E-state index contributed by atoms with van der Waals surface area (Å²) in [5, 5.41) is 15.2. The van der Waals surface area contributed by atoms with Crippen molar-refractivity contribution in [2.75, 3.05) is 34.2 Å². The number of likely N-dealkylation sites (N-methyl/N-ethyl adjacent to an activating group) is 2. The highest BCUT2D eigenvalue weighted by atomic mass is 19.3. The molecule has 0 fully saturated rings. The molecule has 4 aromatic rings. The quantitative estimate of drug-likeness (QED) is 0.324. The predicted molar refractivity (Wildman–Crippen MR) is 129 cm³/mol. The minimum atomic E-state index is -2.80. The van der Waals surface area contributed by atoms with Crippen molar-refractivity contribution in [2.45, 2.75) is 19.9 Å². The number of hydrogen-bond acceptors (Lipinski definition) is 8. The molecule has 0 aliphatic heterocycles. The van der Waals surface area contributed by atoms with E-state index in [1.165, 1.54) is 6.20 Å². The topological polar surface area (TPSA) is 106 Å². The molecule has 4 rings (SSSR count). The first-order valence-electron chi connectivity index (χ1n) is 11.1. The molecule has 3 heterocycles. The van der Waals surface area contributed by atoms with E-state index >= 15 is 0 Å². The van der Waals surface area contributed by atoms with Crippen LogP contribution in [0.4, 0.5) is 8.78 Å². The third kappa shape index (κ3) is 7.73. The van der Waals surface area contributed by atoms with Gasteiger partial charge in [-0.25, -0.2) is 4.68 Å². The van der Waals surface area contributed by atoms with Crippen molar-refractivity contribution < 1.29 is 18.0 Å². The molecular weight excluding hydrogens is 470 g/mol. The van der Waals surface area contributed by atoms with Crippen LogP contribution in [-0.4, -0.2) is 80.6 Å². The minimum Gasteiger partial charge on any atom is -0.415 e. The molecule has 190 valence electrons. The summed E-state index contributed by atoms with van der Waals surface area (Å²) in [4.78, 5) is 18.0. The van der Waals surface area contributed by atoms with Crippen molar-refractivity contribution in [3.63, 3.8) is 0 Å². The number of amides is 1. The van der Waals surface area contributed by atoms with Gasteiger partial charge in [-0.05, 0) is 39.2 Å². The van der Waals surface area contributed by atoms with Crippen LogP contribution in [0.5, 0.6) is 0 Å². The Morgan fingerprint density at radius 2 is 1.86 bits per heavy atom. The maximum absolute atomic E-state index is 12.5. The van der Waals surface area contributed by atoms with Crippen LogP contribution in [-0.2, 0) is 11.3 Å². The number of aryl methyl sites for hydroxylation is 1. The molecule has 1 aromatic carbocycles. The van der Waals surface area contributed by atoms with Gasteiger partial charge in [0.2, 0.25) is 12.3 Å². The summed E-state index contributed by atoms with van der Waals surface area (Å²) in [5.41, 5.74) is 4.12. The summed E-state index contributed by atoms with van der Waals surface area (Å²) in [5.74, 6) is -0.702. The van der Waals surface area contributed by atoms with Crippen molar-refractivity contribution in [3.8, 4) is 22.7 Å². The van der Waals surface area contributed by atoms with Crippen LogP contribution >= 0.6 is 0 Å². The lowest BCUT2D eigenvalue weighted by Gasteiger charge is -2.13. The molecule has 0 N–H and O–H groups in total. The molecule has 1 amide bonds. The van der Waals surface area contributed by atoms with E-state index < -0.39 is 12.3 Å². The zero-order valence-electron chi connectivity index (χ0n) is 20.5. The molecule has 12 heteroatoms. The number of carbonyl (C=O) groups excluding carboxylic acids is 1. The highest BCUT2D eigenvalue weighted by molar-refractivity contribution is 5.58. The van der Waals surface area contributed by atoms with Crippen LogP contribution in [0.1, 0.15) is 23.6 Å². The van der Waals surface area contributed by atoms with Crippen LogP contribution in [0.2, 0.25) is 0 Å². The van der Waals surface area contributed by atoms with Gasteiger partial charge in [0.25, 0.3) is 5.89 Å². The third-order valence-corrected chi connectivity index (χ3v) is 4.96. The lowest BCUT2D eigenvalue weighted by molar-refractivity contribution is -0.117. The second-order valence-electron chi connectivity index (χ2n) is 8.34. The van der Waals surface area contributed by atoms with E-state index in [0.29, 0.717) is 12.1 Å². The summed E-state index contributed by atoms with van der Waals surface area (Å²) < 4.78 is 31.6. The first kappa shape index (κ1) is 26.5. The normalized spacial score (nSPS) is 10.9. The Morgan fingerprint density at radius 3 is 2.47 bits per heavy atom. The van der Waals surface area contributed by atoms with Crippen molar-refractivity contribution in [1.29, 1.82) is 0 Å². The Morgan fingerprint density at radius 1 is 1.06 bits per heavy atom. The summed E-state index contributed by atoms with van der Waals surface area (Å²) in [6, 6.07) is 11.4. The van der Waals surface area contributed by atoms with Gasteiger partial charge in [-0.15, -0.1) is 15.3 Å². The third-order valence-electron chi connectivity index (χ3n) is 4.96. The van der Waals surface area contributed by atoms with E-state index in [2.05, 4.69) is 25.5 Å². The van der Waals surface area contributed by atoms with Crippen LogP contribution < -0.4 is 0 Å². The molecule has 0 atom stereocenters. The molecule has 0 radical (unpaired) electrons. The second kappa shape index (κ2) is 12.6. The van der Waals surface area contributed by atoms with Crippen LogP contribution in [0.25, 0.3) is 22.7 Å². The molecule has 10 nitrogen and oxygen atoms in total.